The first kappa shape index (κ1) is 20.9. The Balaban J connectivity index is 1.65. The zero-order chi connectivity index (χ0) is 20.0. The monoisotopic (exact) mass is 406 g/mol. The summed E-state index contributed by atoms with van der Waals surface area (Å²) in [6.07, 6.45) is 0.353. The van der Waals surface area contributed by atoms with Crippen LogP contribution in [0.15, 0.2) is 27.3 Å². The van der Waals surface area contributed by atoms with Crippen LogP contribution in [0.3, 0.4) is 0 Å². The Hall–Kier alpha value is -2.36. The molecule has 0 fully saturated rings. The SMILES string of the molecule is Cc1oc(=O)oc1COC(=O)CCCCP(=O)(O)OCc1oc(=O)oc1C. The van der Waals surface area contributed by atoms with Crippen LogP contribution < -0.4 is 11.6 Å². The summed E-state index contributed by atoms with van der Waals surface area (Å²) in [6, 6.07) is 0. The largest absolute Gasteiger partial charge is 0.519 e. The summed E-state index contributed by atoms with van der Waals surface area (Å²) < 4.78 is 40.3. The predicted octanol–water partition coefficient (Wildman–Crippen LogP) is 2.01. The summed E-state index contributed by atoms with van der Waals surface area (Å²) in [5, 5.41) is 0. The van der Waals surface area contributed by atoms with Crippen molar-refractivity contribution in [1.82, 2.24) is 0 Å². The van der Waals surface area contributed by atoms with E-state index in [9.17, 15) is 23.8 Å². The van der Waals surface area contributed by atoms with Gasteiger partial charge in [-0.15, -0.1) is 0 Å². The summed E-state index contributed by atoms with van der Waals surface area (Å²) >= 11 is 0. The molecule has 150 valence electrons. The fraction of sp³-hybridized carbons (Fsp3) is 0.533. The average Bonchev–Trinajstić information content (AvgIpc) is 3.08. The van der Waals surface area contributed by atoms with Crippen molar-refractivity contribution in [2.24, 2.45) is 0 Å². The van der Waals surface area contributed by atoms with Gasteiger partial charge in [-0.1, -0.05) is 0 Å². The third-order valence-electron chi connectivity index (χ3n) is 3.50. The summed E-state index contributed by atoms with van der Waals surface area (Å²) in [5.41, 5.74) is 0. The first-order valence-corrected chi connectivity index (χ1v) is 9.73. The lowest BCUT2D eigenvalue weighted by Gasteiger charge is -2.10. The van der Waals surface area contributed by atoms with E-state index in [0.29, 0.717) is 6.42 Å². The molecule has 0 amide bonds. The Labute approximate surface area is 152 Å². The smallest absolute Gasteiger partial charge is 0.457 e. The topological polar surface area (TPSA) is 160 Å². The predicted molar refractivity (Wildman–Crippen MR) is 87.1 cm³/mol. The first-order chi connectivity index (χ1) is 12.7. The number of carbonyl (C=O) groups is 1. The van der Waals surface area contributed by atoms with E-state index in [1.807, 2.05) is 0 Å². The molecule has 2 aromatic rings. The molecule has 0 aliphatic carbocycles. The van der Waals surface area contributed by atoms with Gasteiger partial charge in [-0.05, 0) is 26.7 Å². The second kappa shape index (κ2) is 9.03. The lowest BCUT2D eigenvalue weighted by molar-refractivity contribution is -0.145. The van der Waals surface area contributed by atoms with Crippen molar-refractivity contribution in [1.29, 1.82) is 0 Å². The van der Waals surface area contributed by atoms with Gasteiger partial charge >= 0.3 is 25.2 Å². The molecule has 2 heterocycles. The zero-order valence-electron chi connectivity index (χ0n) is 14.7. The summed E-state index contributed by atoms with van der Waals surface area (Å²) in [4.78, 5) is 43.1. The van der Waals surface area contributed by atoms with E-state index in [1.165, 1.54) is 13.8 Å². The maximum Gasteiger partial charge on any atom is 0.519 e. The number of hydrogen-bond donors (Lipinski definition) is 1. The van der Waals surface area contributed by atoms with E-state index < -0.39 is 25.2 Å². The van der Waals surface area contributed by atoms with Crippen molar-refractivity contribution >= 4 is 13.6 Å². The van der Waals surface area contributed by atoms with Crippen LogP contribution >= 0.6 is 7.60 Å². The van der Waals surface area contributed by atoms with Gasteiger partial charge in [-0.2, -0.15) is 0 Å². The van der Waals surface area contributed by atoms with Crippen LogP contribution in [-0.4, -0.2) is 17.0 Å². The molecule has 2 rings (SSSR count). The molecule has 0 spiro atoms. The molecular formula is C15H19O11P. The maximum absolute atomic E-state index is 11.9. The van der Waals surface area contributed by atoms with Crippen LogP contribution in [0.1, 0.15) is 42.3 Å². The highest BCUT2D eigenvalue weighted by atomic mass is 31.2. The molecule has 1 unspecified atom stereocenters. The molecule has 0 aromatic carbocycles. The number of esters is 1. The van der Waals surface area contributed by atoms with Crippen LogP contribution in [-0.2, 0) is 31.8 Å². The Morgan fingerprint density at radius 3 is 2.04 bits per heavy atom. The van der Waals surface area contributed by atoms with Crippen LogP contribution in [0.25, 0.3) is 0 Å². The lowest BCUT2D eigenvalue weighted by atomic mass is 10.2. The van der Waals surface area contributed by atoms with Gasteiger partial charge in [0, 0.05) is 6.42 Å². The van der Waals surface area contributed by atoms with Gasteiger partial charge in [0.25, 0.3) is 0 Å². The Morgan fingerprint density at radius 1 is 0.963 bits per heavy atom. The van der Waals surface area contributed by atoms with Gasteiger partial charge < -0.3 is 31.8 Å². The Morgan fingerprint density at radius 2 is 1.52 bits per heavy atom. The second-order valence-electron chi connectivity index (χ2n) is 5.62. The van der Waals surface area contributed by atoms with E-state index in [-0.39, 0.29) is 55.3 Å². The Kier molecular flexibility index (Phi) is 7.00. The quantitative estimate of drug-likeness (QED) is 0.349. The molecule has 0 aliphatic heterocycles. The lowest BCUT2D eigenvalue weighted by Crippen LogP contribution is -2.05. The third-order valence-corrected chi connectivity index (χ3v) is 4.92. The van der Waals surface area contributed by atoms with Crippen LogP contribution in [0, 0.1) is 13.8 Å². The molecule has 0 radical (unpaired) electrons. The molecule has 1 atom stereocenters. The molecule has 0 aliphatic rings. The molecule has 0 bridgehead atoms. The Bertz CT molecular complexity index is 928. The number of aryl methyl sites for hydroxylation is 2. The minimum Gasteiger partial charge on any atom is -0.457 e. The van der Waals surface area contributed by atoms with E-state index in [0.717, 1.165) is 0 Å². The zero-order valence-corrected chi connectivity index (χ0v) is 15.6. The number of carbonyl (C=O) groups excluding carboxylic acids is 1. The van der Waals surface area contributed by atoms with Crippen molar-refractivity contribution in [2.75, 3.05) is 6.16 Å². The van der Waals surface area contributed by atoms with Crippen molar-refractivity contribution in [3.8, 4) is 0 Å². The molecule has 1 N–H and O–H groups in total. The molecule has 2 aromatic heterocycles. The fourth-order valence-corrected chi connectivity index (χ4v) is 3.11. The average molecular weight is 406 g/mol. The first-order valence-electron chi connectivity index (χ1n) is 7.97. The summed E-state index contributed by atoms with van der Waals surface area (Å²) in [7, 11) is -3.91. The molecule has 11 nitrogen and oxygen atoms in total. The highest BCUT2D eigenvalue weighted by molar-refractivity contribution is 7.52. The highest BCUT2D eigenvalue weighted by Crippen LogP contribution is 2.43. The molecule has 12 heteroatoms. The molecular weight excluding hydrogens is 387 g/mol. The van der Waals surface area contributed by atoms with Gasteiger partial charge in [0.05, 0.1) is 6.16 Å². The number of rotatable bonds is 10. The van der Waals surface area contributed by atoms with Gasteiger partial charge in [0.1, 0.15) is 12.4 Å². The minimum absolute atomic E-state index is 0.0108. The number of ether oxygens (including phenoxy) is 1. The van der Waals surface area contributed by atoms with Crippen LogP contribution in [0.5, 0.6) is 0 Å². The molecule has 0 saturated heterocycles. The maximum atomic E-state index is 11.9. The summed E-state index contributed by atoms with van der Waals surface area (Å²) in [5.74, 6) is -1.77. The van der Waals surface area contributed by atoms with Gasteiger partial charge in [0.15, 0.2) is 23.9 Å². The van der Waals surface area contributed by atoms with Gasteiger partial charge in [-0.25, -0.2) is 9.59 Å². The van der Waals surface area contributed by atoms with Crippen LogP contribution in [0.4, 0.5) is 0 Å². The van der Waals surface area contributed by atoms with Crippen molar-refractivity contribution in [3.63, 3.8) is 0 Å². The number of unbranched alkanes of at least 4 members (excludes halogenated alkanes) is 1. The number of hydrogen-bond acceptors (Lipinski definition) is 10. The van der Waals surface area contributed by atoms with E-state index in [2.05, 4.69) is 17.7 Å². The van der Waals surface area contributed by atoms with E-state index in [4.69, 9.17) is 9.26 Å². The summed E-state index contributed by atoms with van der Waals surface area (Å²) in [6.45, 7) is 2.37. The minimum atomic E-state index is -3.91. The highest BCUT2D eigenvalue weighted by Gasteiger charge is 2.21. The molecule has 27 heavy (non-hydrogen) atoms. The molecule has 0 saturated carbocycles. The van der Waals surface area contributed by atoms with Crippen molar-refractivity contribution < 1.29 is 41.2 Å². The fourth-order valence-electron chi connectivity index (χ4n) is 2.04. The van der Waals surface area contributed by atoms with E-state index in [1.54, 1.807) is 0 Å². The normalized spacial score (nSPS) is 13.4. The second-order valence-corrected chi connectivity index (χ2v) is 7.60. The van der Waals surface area contributed by atoms with Gasteiger partial charge in [-0.3, -0.25) is 9.36 Å². The third kappa shape index (κ3) is 6.70. The van der Waals surface area contributed by atoms with Crippen LogP contribution in [0.2, 0.25) is 0 Å². The van der Waals surface area contributed by atoms with Crippen molar-refractivity contribution in [2.45, 2.75) is 46.3 Å². The van der Waals surface area contributed by atoms with Gasteiger partial charge in [0.2, 0.25) is 0 Å². The van der Waals surface area contributed by atoms with E-state index >= 15 is 0 Å². The van der Waals surface area contributed by atoms with Crippen molar-refractivity contribution in [3.05, 3.63) is 44.3 Å². The standard InChI is InChI=1S/C15H19O11P/c1-9-11(25-14(17)23-9)7-21-13(16)5-3-4-6-27(19,20)22-8-12-10(2)24-15(18)26-12/h3-8H2,1-2H3,(H,19,20).